The highest BCUT2D eigenvalue weighted by Crippen LogP contribution is 2.33. The molecule has 156 valence electrons. The van der Waals surface area contributed by atoms with Crippen LogP contribution in [0.2, 0.25) is 0 Å². The number of nitrogens with one attached hydrogen (secondary N) is 1. The van der Waals surface area contributed by atoms with Crippen molar-refractivity contribution in [2.24, 2.45) is 5.16 Å². The van der Waals surface area contributed by atoms with Crippen molar-refractivity contribution in [2.45, 2.75) is 37.8 Å². The van der Waals surface area contributed by atoms with Gasteiger partial charge >= 0.3 is 0 Å². The molecule has 2 aliphatic rings. The maximum atomic E-state index is 13.1. The predicted octanol–water partition coefficient (Wildman–Crippen LogP) is 2.22. The van der Waals surface area contributed by atoms with E-state index in [0.29, 0.717) is 31.8 Å². The van der Waals surface area contributed by atoms with E-state index in [2.05, 4.69) is 15.5 Å². The molecule has 1 N–H and O–H groups in total. The Morgan fingerprint density at radius 1 is 1.13 bits per heavy atom. The summed E-state index contributed by atoms with van der Waals surface area (Å²) in [5.41, 5.74) is 1.40. The number of carbonyl (C=O) groups is 2. The van der Waals surface area contributed by atoms with E-state index in [4.69, 9.17) is 4.84 Å². The molecule has 3 heterocycles. The summed E-state index contributed by atoms with van der Waals surface area (Å²) in [5, 5.41) is 6.87. The fraction of sp³-hybridized carbons (Fsp3) is 0.364. The van der Waals surface area contributed by atoms with E-state index in [1.807, 2.05) is 12.1 Å². The Balaban J connectivity index is 1.32. The number of aromatic nitrogens is 1. The predicted molar refractivity (Wildman–Crippen MR) is 108 cm³/mol. The zero-order valence-electron chi connectivity index (χ0n) is 16.5. The van der Waals surface area contributed by atoms with Crippen molar-refractivity contribution in [3.8, 4) is 0 Å². The molecule has 1 unspecified atom stereocenters. The fourth-order valence-corrected chi connectivity index (χ4v) is 3.85. The van der Waals surface area contributed by atoms with Gasteiger partial charge in [-0.05, 0) is 48.2 Å². The third-order valence-electron chi connectivity index (χ3n) is 5.46. The molecule has 1 fully saturated rings. The van der Waals surface area contributed by atoms with E-state index in [1.54, 1.807) is 29.4 Å². The summed E-state index contributed by atoms with van der Waals surface area (Å²) in [7, 11) is 0. The first-order chi connectivity index (χ1) is 14.5. The summed E-state index contributed by atoms with van der Waals surface area (Å²) >= 11 is 0. The highest BCUT2D eigenvalue weighted by atomic mass is 19.1. The number of likely N-dealkylation sites (tertiary alicyclic amines) is 1. The largest absolute Gasteiger partial charge is 0.386 e. The molecule has 7 nitrogen and oxygen atoms in total. The lowest BCUT2D eigenvalue weighted by Gasteiger charge is -2.38. The number of hydrogen-bond acceptors (Lipinski definition) is 5. The highest BCUT2D eigenvalue weighted by molar-refractivity contribution is 6.39. The molecule has 4 rings (SSSR count). The number of hydrogen-bond donors (Lipinski definition) is 1. The number of pyridine rings is 1. The standard InChI is InChI=1S/C22H23FN4O3/c23-18-4-2-16(3-5-18)12-20(28)27-11-1-8-22(15-27)13-19(26-30-22)21(29)25-14-17-6-9-24-10-7-17/h2-7,9-10H,1,8,11-15H2,(H,25,29). The Bertz CT molecular complexity index is 949. The molecule has 1 atom stereocenters. The van der Waals surface area contributed by atoms with Gasteiger partial charge in [0.2, 0.25) is 5.91 Å². The summed E-state index contributed by atoms with van der Waals surface area (Å²) in [6.07, 6.45) is 5.43. The van der Waals surface area contributed by atoms with Crippen molar-refractivity contribution in [1.82, 2.24) is 15.2 Å². The summed E-state index contributed by atoms with van der Waals surface area (Å²) < 4.78 is 13.1. The van der Waals surface area contributed by atoms with Gasteiger partial charge in [-0.25, -0.2) is 4.39 Å². The molecule has 1 aromatic carbocycles. The Hall–Kier alpha value is -3.29. The topological polar surface area (TPSA) is 83.9 Å². The molecule has 1 spiro atoms. The number of nitrogens with zero attached hydrogens (tertiary/aromatic N) is 3. The van der Waals surface area contributed by atoms with Crippen LogP contribution < -0.4 is 5.32 Å². The quantitative estimate of drug-likeness (QED) is 0.819. The first-order valence-electron chi connectivity index (χ1n) is 9.97. The van der Waals surface area contributed by atoms with Crippen molar-refractivity contribution in [3.63, 3.8) is 0 Å². The smallest absolute Gasteiger partial charge is 0.269 e. The van der Waals surface area contributed by atoms with Gasteiger partial charge in [-0.15, -0.1) is 0 Å². The minimum atomic E-state index is -0.653. The van der Waals surface area contributed by atoms with Crippen LogP contribution in [0.3, 0.4) is 0 Å². The van der Waals surface area contributed by atoms with Crippen LogP contribution in [-0.2, 0) is 27.4 Å². The molecule has 1 saturated heterocycles. The Kier molecular flexibility index (Phi) is 5.74. The first kappa shape index (κ1) is 20.0. The van der Waals surface area contributed by atoms with Gasteiger partial charge in [0, 0.05) is 31.9 Å². The molecule has 2 aliphatic heterocycles. The molecule has 0 saturated carbocycles. The van der Waals surface area contributed by atoms with Gasteiger partial charge in [0.1, 0.15) is 11.5 Å². The maximum absolute atomic E-state index is 13.1. The highest BCUT2D eigenvalue weighted by Gasteiger charge is 2.45. The molecule has 0 bridgehead atoms. The van der Waals surface area contributed by atoms with Crippen LogP contribution in [0.5, 0.6) is 0 Å². The van der Waals surface area contributed by atoms with Crippen LogP contribution in [-0.4, -0.2) is 46.1 Å². The lowest BCUT2D eigenvalue weighted by Crippen LogP contribution is -2.51. The zero-order chi connectivity index (χ0) is 21.0. The van der Waals surface area contributed by atoms with Crippen molar-refractivity contribution >= 4 is 17.5 Å². The van der Waals surface area contributed by atoms with Crippen molar-refractivity contribution < 1.29 is 18.8 Å². The minimum absolute atomic E-state index is 0.0418. The number of halogens is 1. The number of rotatable bonds is 5. The lowest BCUT2D eigenvalue weighted by molar-refractivity contribution is -0.139. The first-order valence-corrected chi connectivity index (χ1v) is 9.97. The van der Waals surface area contributed by atoms with E-state index < -0.39 is 5.60 Å². The maximum Gasteiger partial charge on any atom is 0.269 e. The van der Waals surface area contributed by atoms with Crippen LogP contribution in [0.25, 0.3) is 0 Å². The second kappa shape index (κ2) is 8.61. The van der Waals surface area contributed by atoms with Crippen molar-refractivity contribution in [3.05, 3.63) is 65.7 Å². The van der Waals surface area contributed by atoms with Crippen LogP contribution in [0.1, 0.15) is 30.4 Å². The van der Waals surface area contributed by atoms with E-state index in [-0.39, 0.29) is 24.1 Å². The van der Waals surface area contributed by atoms with E-state index in [9.17, 15) is 14.0 Å². The van der Waals surface area contributed by atoms with Crippen molar-refractivity contribution in [2.75, 3.05) is 13.1 Å². The van der Waals surface area contributed by atoms with E-state index in [0.717, 1.165) is 24.0 Å². The molecule has 8 heteroatoms. The second-order valence-electron chi connectivity index (χ2n) is 7.75. The average Bonchev–Trinajstić information content (AvgIpc) is 3.17. The van der Waals surface area contributed by atoms with Gasteiger partial charge in [0.05, 0.1) is 13.0 Å². The Morgan fingerprint density at radius 2 is 1.90 bits per heavy atom. The molecule has 0 aliphatic carbocycles. The molecular formula is C22H23FN4O3. The normalized spacial score (nSPS) is 20.6. The summed E-state index contributed by atoms with van der Waals surface area (Å²) in [6.45, 7) is 1.40. The number of piperidine rings is 1. The molecule has 2 amide bonds. The van der Waals surface area contributed by atoms with Gasteiger partial charge in [0.15, 0.2) is 5.60 Å². The molecule has 30 heavy (non-hydrogen) atoms. The van der Waals surface area contributed by atoms with E-state index in [1.165, 1.54) is 12.1 Å². The Morgan fingerprint density at radius 3 is 2.67 bits per heavy atom. The SMILES string of the molecule is O=C(NCc1ccncc1)C1=NOC2(CCCN(C(=O)Cc3ccc(F)cc3)C2)C1. The van der Waals surface area contributed by atoms with Gasteiger partial charge < -0.3 is 15.1 Å². The third kappa shape index (κ3) is 4.64. The Labute approximate surface area is 173 Å². The minimum Gasteiger partial charge on any atom is -0.386 e. The van der Waals surface area contributed by atoms with Gasteiger partial charge in [-0.2, -0.15) is 0 Å². The van der Waals surface area contributed by atoms with Crippen LogP contribution in [0, 0.1) is 5.82 Å². The summed E-state index contributed by atoms with van der Waals surface area (Å²) in [5.74, 6) is -0.632. The second-order valence-corrected chi connectivity index (χ2v) is 7.75. The van der Waals surface area contributed by atoms with Crippen LogP contribution in [0.15, 0.2) is 53.9 Å². The lowest BCUT2D eigenvalue weighted by atomic mass is 9.87. The number of carbonyl (C=O) groups excluding carboxylic acids is 2. The summed E-state index contributed by atoms with van der Waals surface area (Å²) in [6, 6.07) is 9.61. The fourth-order valence-electron chi connectivity index (χ4n) is 3.85. The average molecular weight is 410 g/mol. The van der Waals surface area contributed by atoms with Crippen molar-refractivity contribution in [1.29, 1.82) is 0 Å². The van der Waals surface area contributed by atoms with Crippen LogP contribution >= 0.6 is 0 Å². The number of benzene rings is 1. The van der Waals surface area contributed by atoms with E-state index >= 15 is 0 Å². The van der Waals surface area contributed by atoms with Crippen LogP contribution in [0.4, 0.5) is 4.39 Å². The number of amides is 2. The number of oxime groups is 1. The van der Waals surface area contributed by atoms with Gasteiger partial charge in [0.25, 0.3) is 5.91 Å². The molecule has 0 radical (unpaired) electrons. The van der Waals surface area contributed by atoms with Gasteiger partial charge in [-0.1, -0.05) is 17.3 Å². The zero-order valence-corrected chi connectivity index (χ0v) is 16.5. The molecule has 2 aromatic rings. The van der Waals surface area contributed by atoms with Gasteiger partial charge in [-0.3, -0.25) is 14.6 Å². The monoisotopic (exact) mass is 410 g/mol. The molecular weight excluding hydrogens is 387 g/mol. The third-order valence-corrected chi connectivity index (χ3v) is 5.46. The summed E-state index contributed by atoms with van der Waals surface area (Å²) in [4.78, 5) is 36.6. The molecule has 1 aromatic heterocycles.